The summed E-state index contributed by atoms with van der Waals surface area (Å²) in [6.07, 6.45) is 0.428. The van der Waals surface area contributed by atoms with E-state index in [-0.39, 0.29) is 5.91 Å². The van der Waals surface area contributed by atoms with E-state index in [4.69, 9.17) is 4.52 Å². The third-order valence-electron chi connectivity index (χ3n) is 3.45. The van der Waals surface area contributed by atoms with Gasteiger partial charge < -0.3 is 9.84 Å². The first-order valence-electron chi connectivity index (χ1n) is 7.72. The molecule has 2 aromatic carbocycles. The number of aryl methyl sites for hydroxylation is 1. The molecule has 0 saturated carbocycles. The average molecular weight is 338 g/mol. The Balaban J connectivity index is 1.47. The minimum absolute atomic E-state index is 0.0586. The predicted octanol–water partition coefficient (Wildman–Crippen LogP) is 4.77. The van der Waals surface area contributed by atoms with E-state index < -0.39 is 0 Å². The second-order valence-electron chi connectivity index (χ2n) is 5.36. The third kappa shape index (κ3) is 4.49. The smallest absolute Gasteiger partial charge is 0.226 e. The molecule has 3 aromatic rings. The number of nitrogens with one attached hydrogen (secondary N) is 1. The maximum atomic E-state index is 11.8. The van der Waals surface area contributed by atoms with Crippen LogP contribution in [-0.2, 0) is 4.79 Å². The van der Waals surface area contributed by atoms with Gasteiger partial charge in [-0.3, -0.25) is 4.79 Å². The first-order valence-corrected chi connectivity index (χ1v) is 8.71. The summed E-state index contributed by atoms with van der Waals surface area (Å²) in [6, 6.07) is 20.4. The number of rotatable bonds is 6. The van der Waals surface area contributed by atoms with Crippen molar-refractivity contribution in [1.29, 1.82) is 0 Å². The number of amides is 1. The Labute approximate surface area is 145 Å². The Kier molecular flexibility index (Phi) is 5.33. The highest BCUT2D eigenvalue weighted by atomic mass is 32.2. The molecule has 122 valence electrons. The van der Waals surface area contributed by atoms with Gasteiger partial charge in [0.2, 0.25) is 5.91 Å². The molecule has 1 aromatic heterocycles. The lowest BCUT2D eigenvalue weighted by atomic mass is 10.1. The molecular formula is C19H18N2O2S. The lowest BCUT2D eigenvalue weighted by Crippen LogP contribution is -2.12. The number of nitrogens with zero attached hydrogens (tertiary/aromatic N) is 1. The van der Waals surface area contributed by atoms with Crippen molar-refractivity contribution >= 4 is 23.5 Å². The quantitative estimate of drug-likeness (QED) is 0.658. The van der Waals surface area contributed by atoms with Crippen LogP contribution in [0.3, 0.4) is 0 Å². The number of carbonyl (C=O) groups is 1. The Morgan fingerprint density at radius 3 is 2.46 bits per heavy atom. The Bertz CT molecular complexity index is 798. The molecule has 0 fully saturated rings. The van der Waals surface area contributed by atoms with E-state index in [1.807, 2.05) is 18.2 Å². The number of anilines is 1. The van der Waals surface area contributed by atoms with Gasteiger partial charge in [-0.05, 0) is 30.2 Å². The maximum Gasteiger partial charge on any atom is 0.226 e. The Hall–Kier alpha value is -2.53. The lowest BCUT2D eigenvalue weighted by Gasteiger charge is -2.05. The van der Waals surface area contributed by atoms with Crippen molar-refractivity contribution in [3.63, 3.8) is 0 Å². The molecule has 0 radical (unpaired) electrons. The monoisotopic (exact) mass is 338 g/mol. The molecule has 0 aliphatic rings. The van der Waals surface area contributed by atoms with Gasteiger partial charge in [0.05, 0.1) is 0 Å². The molecule has 1 amide bonds. The minimum atomic E-state index is -0.0586. The zero-order valence-corrected chi connectivity index (χ0v) is 14.2. The molecule has 0 aliphatic carbocycles. The molecule has 0 saturated heterocycles. The van der Waals surface area contributed by atoms with E-state index in [0.717, 1.165) is 4.90 Å². The molecule has 0 bridgehead atoms. The fourth-order valence-corrected chi connectivity index (χ4v) is 3.12. The van der Waals surface area contributed by atoms with Gasteiger partial charge >= 0.3 is 0 Å². The molecule has 24 heavy (non-hydrogen) atoms. The normalized spacial score (nSPS) is 10.5. The van der Waals surface area contributed by atoms with E-state index in [1.54, 1.807) is 24.8 Å². The fraction of sp³-hybridized carbons (Fsp3) is 0.158. The summed E-state index contributed by atoms with van der Waals surface area (Å²) in [7, 11) is 0. The summed E-state index contributed by atoms with van der Waals surface area (Å²) in [4.78, 5) is 13.0. The molecular weight excluding hydrogens is 320 g/mol. The average Bonchev–Trinajstić information content (AvgIpc) is 3.01. The predicted molar refractivity (Wildman–Crippen MR) is 97.1 cm³/mol. The highest BCUT2D eigenvalue weighted by molar-refractivity contribution is 7.99. The highest BCUT2D eigenvalue weighted by Gasteiger charge is 2.06. The molecule has 4 nitrogen and oxygen atoms in total. The summed E-state index contributed by atoms with van der Waals surface area (Å²) in [5, 5.41) is 6.47. The van der Waals surface area contributed by atoms with Crippen LogP contribution in [0.4, 0.5) is 5.82 Å². The van der Waals surface area contributed by atoms with E-state index in [0.29, 0.717) is 23.8 Å². The van der Waals surface area contributed by atoms with Crippen LogP contribution in [-0.4, -0.2) is 16.8 Å². The van der Waals surface area contributed by atoms with Gasteiger partial charge in [0.15, 0.2) is 5.82 Å². The van der Waals surface area contributed by atoms with Gasteiger partial charge in [0.25, 0.3) is 0 Å². The number of carbonyl (C=O) groups excluding carboxylic acids is 1. The topological polar surface area (TPSA) is 55.1 Å². The van der Waals surface area contributed by atoms with Gasteiger partial charge in [0, 0.05) is 23.1 Å². The van der Waals surface area contributed by atoms with E-state index >= 15 is 0 Å². The largest absolute Gasteiger partial charge is 0.360 e. The first-order chi connectivity index (χ1) is 11.7. The standard InChI is InChI=1S/C19H18N2O2S/c1-14-13-18(21-23-14)20-19(22)11-12-24-17-9-7-16(8-10-17)15-5-3-2-4-6-15/h2-10,13H,11-12H2,1H3,(H,20,21,22). The van der Waals surface area contributed by atoms with E-state index in [1.165, 1.54) is 11.1 Å². The summed E-state index contributed by atoms with van der Waals surface area (Å²) >= 11 is 1.66. The lowest BCUT2D eigenvalue weighted by molar-refractivity contribution is -0.115. The van der Waals surface area contributed by atoms with Crippen LogP contribution in [0, 0.1) is 6.92 Å². The molecule has 5 heteroatoms. The number of benzene rings is 2. The minimum Gasteiger partial charge on any atom is -0.360 e. The van der Waals surface area contributed by atoms with Gasteiger partial charge in [0.1, 0.15) is 5.76 Å². The summed E-state index contributed by atoms with van der Waals surface area (Å²) in [5.41, 5.74) is 2.40. The van der Waals surface area contributed by atoms with Crippen LogP contribution in [0.2, 0.25) is 0 Å². The third-order valence-corrected chi connectivity index (χ3v) is 4.47. The van der Waals surface area contributed by atoms with Crippen LogP contribution in [0.5, 0.6) is 0 Å². The second-order valence-corrected chi connectivity index (χ2v) is 6.53. The molecule has 0 aliphatic heterocycles. The summed E-state index contributed by atoms with van der Waals surface area (Å²) < 4.78 is 4.92. The molecule has 1 N–H and O–H groups in total. The van der Waals surface area contributed by atoms with Crippen LogP contribution < -0.4 is 5.32 Å². The van der Waals surface area contributed by atoms with Gasteiger partial charge in [-0.15, -0.1) is 11.8 Å². The SMILES string of the molecule is Cc1cc(NC(=O)CCSc2ccc(-c3ccccc3)cc2)no1. The van der Waals surface area contributed by atoms with Gasteiger partial charge in [-0.25, -0.2) is 0 Å². The van der Waals surface area contributed by atoms with Crippen molar-refractivity contribution in [2.24, 2.45) is 0 Å². The molecule has 0 atom stereocenters. The zero-order chi connectivity index (χ0) is 16.8. The Morgan fingerprint density at radius 1 is 1.08 bits per heavy atom. The number of hydrogen-bond donors (Lipinski definition) is 1. The van der Waals surface area contributed by atoms with Crippen molar-refractivity contribution in [1.82, 2.24) is 5.16 Å². The van der Waals surface area contributed by atoms with Crippen molar-refractivity contribution in [3.05, 3.63) is 66.4 Å². The molecule has 1 heterocycles. The maximum absolute atomic E-state index is 11.8. The van der Waals surface area contributed by atoms with E-state index in [2.05, 4.69) is 46.9 Å². The highest BCUT2D eigenvalue weighted by Crippen LogP contribution is 2.24. The molecule has 0 spiro atoms. The van der Waals surface area contributed by atoms with Crippen LogP contribution in [0.25, 0.3) is 11.1 Å². The number of aromatic nitrogens is 1. The van der Waals surface area contributed by atoms with E-state index in [9.17, 15) is 4.79 Å². The van der Waals surface area contributed by atoms with Crippen LogP contribution >= 0.6 is 11.8 Å². The summed E-state index contributed by atoms with van der Waals surface area (Å²) in [5.74, 6) is 1.80. The van der Waals surface area contributed by atoms with Gasteiger partial charge in [-0.2, -0.15) is 0 Å². The molecule has 0 unspecified atom stereocenters. The van der Waals surface area contributed by atoms with Crippen molar-refractivity contribution < 1.29 is 9.32 Å². The fourth-order valence-electron chi connectivity index (χ4n) is 2.27. The number of thioether (sulfide) groups is 1. The Morgan fingerprint density at radius 2 is 1.79 bits per heavy atom. The first kappa shape index (κ1) is 16.3. The second kappa shape index (κ2) is 7.84. The number of hydrogen-bond acceptors (Lipinski definition) is 4. The molecule has 3 rings (SSSR count). The van der Waals surface area contributed by atoms with Crippen molar-refractivity contribution in [3.8, 4) is 11.1 Å². The van der Waals surface area contributed by atoms with Crippen molar-refractivity contribution in [2.45, 2.75) is 18.2 Å². The van der Waals surface area contributed by atoms with Crippen LogP contribution in [0.1, 0.15) is 12.2 Å². The van der Waals surface area contributed by atoms with Crippen molar-refractivity contribution in [2.75, 3.05) is 11.1 Å². The van der Waals surface area contributed by atoms with Crippen LogP contribution in [0.15, 0.2) is 70.1 Å². The zero-order valence-electron chi connectivity index (χ0n) is 13.4. The summed E-state index contributed by atoms with van der Waals surface area (Å²) in [6.45, 7) is 1.79. The van der Waals surface area contributed by atoms with Gasteiger partial charge in [-0.1, -0.05) is 47.6 Å².